The lowest BCUT2D eigenvalue weighted by Gasteiger charge is -2.15. The van der Waals surface area contributed by atoms with Crippen LogP contribution in [-0.4, -0.2) is 43.6 Å². The molecule has 0 aliphatic heterocycles. The van der Waals surface area contributed by atoms with Crippen molar-refractivity contribution in [1.29, 1.82) is 0 Å². The third kappa shape index (κ3) is 5.68. The molecule has 2 aromatic carbocycles. The van der Waals surface area contributed by atoms with Crippen molar-refractivity contribution in [3.8, 4) is 11.8 Å². The summed E-state index contributed by atoms with van der Waals surface area (Å²) in [5.41, 5.74) is 1.74. The van der Waals surface area contributed by atoms with Crippen molar-refractivity contribution in [1.82, 2.24) is 18.6 Å². The van der Waals surface area contributed by atoms with Gasteiger partial charge >= 0.3 is 5.76 Å². The van der Waals surface area contributed by atoms with Gasteiger partial charge in [0.2, 0.25) is 15.2 Å². The van der Waals surface area contributed by atoms with E-state index in [9.17, 15) is 21.6 Å². The number of rotatable bonds is 7. The number of aromatic nitrogens is 3. The lowest BCUT2D eigenvalue weighted by atomic mass is 10.0. The smallest absolute Gasteiger partial charge is 0.408 e. The van der Waals surface area contributed by atoms with Gasteiger partial charge in [-0.15, -0.1) is 0 Å². The van der Waals surface area contributed by atoms with E-state index in [1.807, 2.05) is 0 Å². The quantitative estimate of drug-likeness (QED) is 0.302. The molecule has 2 heterocycles. The second kappa shape index (κ2) is 10.1. The lowest BCUT2D eigenvalue weighted by Crippen LogP contribution is -2.22. The standard InChI is InChI=1S/C21H18BrN5O6S3/c1-13(15-8-4-3-6-14(15)7-5-9-25-35(2,29)30)27-17-10-16(22)19(11-18(17)33-21(27)28)36(31,32)26-20-23-12-24-34-20/h3-4,6,8,10-13,25H,9H2,1-2H3,(H,23,24,26)/t13-/m1/s1. The predicted octanol–water partition coefficient (Wildman–Crippen LogP) is 2.52. The second-order valence-corrected chi connectivity index (χ2v) is 12.6. The van der Waals surface area contributed by atoms with Crippen LogP contribution in [0.25, 0.3) is 11.1 Å². The molecule has 4 aromatic rings. The van der Waals surface area contributed by atoms with Crippen LogP contribution in [0.1, 0.15) is 24.1 Å². The number of fused-ring (bicyclic) bond motifs is 1. The SMILES string of the molecule is C[C@H](c1ccccc1C#CCNS(C)(=O)=O)n1c(=O)oc2cc(S(=O)(=O)Nc3ncns3)c(Br)cc21. The van der Waals surface area contributed by atoms with Crippen LogP contribution in [0.2, 0.25) is 0 Å². The Kier molecular flexibility index (Phi) is 7.34. The fraction of sp³-hybridized carbons (Fsp3) is 0.190. The molecule has 0 aliphatic rings. The van der Waals surface area contributed by atoms with Crippen LogP contribution in [0.4, 0.5) is 5.13 Å². The summed E-state index contributed by atoms with van der Waals surface area (Å²) in [7, 11) is -7.41. The second-order valence-electron chi connectivity index (χ2n) is 7.50. The Labute approximate surface area is 219 Å². The van der Waals surface area contributed by atoms with Gasteiger partial charge in [0.15, 0.2) is 5.58 Å². The van der Waals surface area contributed by atoms with Crippen LogP contribution in [0.5, 0.6) is 0 Å². The number of hydrogen-bond donors (Lipinski definition) is 2. The fourth-order valence-electron chi connectivity index (χ4n) is 3.42. The molecule has 2 aromatic heterocycles. The monoisotopic (exact) mass is 611 g/mol. The molecule has 11 nitrogen and oxygen atoms in total. The average molecular weight is 613 g/mol. The first-order chi connectivity index (χ1) is 17.0. The number of halogens is 1. The summed E-state index contributed by atoms with van der Waals surface area (Å²) >= 11 is 4.17. The van der Waals surface area contributed by atoms with Crippen molar-refractivity contribution in [3.63, 3.8) is 0 Å². The van der Waals surface area contributed by atoms with E-state index in [0.717, 1.165) is 17.8 Å². The van der Waals surface area contributed by atoms with Crippen LogP contribution in [0.15, 0.2) is 61.3 Å². The maximum Gasteiger partial charge on any atom is 0.420 e. The molecule has 1 atom stereocenters. The number of nitrogens with zero attached hydrogens (tertiary/aromatic N) is 3. The Hall–Kier alpha value is -3.03. The summed E-state index contributed by atoms with van der Waals surface area (Å²) in [4.78, 5) is 16.5. The highest BCUT2D eigenvalue weighted by Gasteiger charge is 2.25. The van der Waals surface area contributed by atoms with E-state index in [1.54, 1.807) is 31.2 Å². The van der Waals surface area contributed by atoms with E-state index >= 15 is 0 Å². The minimum Gasteiger partial charge on any atom is -0.408 e. The molecule has 4 rings (SSSR count). The van der Waals surface area contributed by atoms with Crippen molar-refractivity contribution in [3.05, 3.63) is 68.9 Å². The van der Waals surface area contributed by atoms with Gasteiger partial charge in [0.25, 0.3) is 10.0 Å². The van der Waals surface area contributed by atoms with E-state index in [4.69, 9.17) is 4.42 Å². The zero-order chi connectivity index (χ0) is 26.1. The topological polar surface area (TPSA) is 153 Å². The van der Waals surface area contributed by atoms with Gasteiger partial charge in [-0.25, -0.2) is 31.3 Å². The lowest BCUT2D eigenvalue weighted by molar-refractivity contribution is 0.489. The Morgan fingerprint density at radius 3 is 2.67 bits per heavy atom. The van der Waals surface area contributed by atoms with Gasteiger partial charge in [0.1, 0.15) is 11.2 Å². The van der Waals surface area contributed by atoms with Crippen molar-refractivity contribution >= 4 is 63.7 Å². The third-order valence-electron chi connectivity index (χ3n) is 4.98. The van der Waals surface area contributed by atoms with Gasteiger partial charge in [-0.2, -0.15) is 4.37 Å². The van der Waals surface area contributed by atoms with Crippen molar-refractivity contribution in [2.75, 3.05) is 17.5 Å². The van der Waals surface area contributed by atoms with Gasteiger partial charge in [-0.1, -0.05) is 30.0 Å². The van der Waals surface area contributed by atoms with E-state index in [-0.39, 0.29) is 26.6 Å². The van der Waals surface area contributed by atoms with Crippen LogP contribution in [0, 0.1) is 11.8 Å². The maximum absolute atomic E-state index is 12.9. The molecular weight excluding hydrogens is 594 g/mol. The zero-order valence-corrected chi connectivity index (χ0v) is 22.8. The average Bonchev–Trinajstić information content (AvgIpc) is 3.41. The minimum atomic E-state index is -4.04. The molecule has 0 aliphatic carbocycles. The molecule has 0 radical (unpaired) electrons. The fourth-order valence-corrected chi connectivity index (χ4v) is 6.46. The summed E-state index contributed by atoms with van der Waals surface area (Å²) in [5, 5.41) is 0.0964. The van der Waals surface area contributed by atoms with Crippen LogP contribution in [0.3, 0.4) is 0 Å². The molecule has 0 spiro atoms. The molecule has 36 heavy (non-hydrogen) atoms. The van der Waals surface area contributed by atoms with Gasteiger partial charge in [-0.3, -0.25) is 9.29 Å². The zero-order valence-electron chi connectivity index (χ0n) is 18.7. The number of anilines is 1. The molecule has 0 saturated carbocycles. The highest BCUT2D eigenvalue weighted by Crippen LogP contribution is 2.32. The van der Waals surface area contributed by atoms with Gasteiger partial charge in [0, 0.05) is 27.6 Å². The van der Waals surface area contributed by atoms with Crippen LogP contribution >= 0.6 is 27.5 Å². The maximum atomic E-state index is 12.9. The highest BCUT2D eigenvalue weighted by molar-refractivity contribution is 9.10. The van der Waals surface area contributed by atoms with Crippen LogP contribution in [-0.2, 0) is 20.0 Å². The van der Waals surface area contributed by atoms with E-state index in [2.05, 4.69) is 46.6 Å². The number of sulfonamides is 2. The molecule has 0 saturated heterocycles. The number of hydrogen-bond acceptors (Lipinski definition) is 9. The Balaban J connectivity index is 1.73. The molecular formula is C21H18BrN5O6S3. The van der Waals surface area contributed by atoms with Crippen LogP contribution < -0.4 is 15.2 Å². The predicted molar refractivity (Wildman–Crippen MR) is 139 cm³/mol. The largest absolute Gasteiger partial charge is 0.420 e. The summed E-state index contributed by atoms with van der Waals surface area (Å²) < 4.78 is 63.6. The summed E-state index contributed by atoms with van der Waals surface area (Å²) in [6, 6.07) is 9.33. The first-order valence-corrected chi connectivity index (χ1v) is 15.1. The third-order valence-corrected chi connectivity index (χ3v) is 8.66. The van der Waals surface area contributed by atoms with E-state index in [0.29, 0.717) is 16.6 Å². The summed E-state index contributed by atoms with van der Waals surface area (Å²) in [6.07, 6.45) is 2.27. The molecule has 0 unspecified atom stereocenters. The summed E-state index contributed by atoms with van der Waals surface area (Å²) in [5.74, 6) is 5.01. The normalized spacial score (nSPS) is 12.8. The molecule has 0 bridgehead atoms. The Morgan fingerprint density at radius 1 is 1.22 bits per heavy atom. The van der Waals surface area contributed by atoms with Gasteiger partial charge in [-0.05, 0) is 40.5 Å². The van der Waals surface area contributed by atoms with Crippen molar-refractivity contribution < 1.29 is 21.3 Å². The molecule has 0 amide bonds. The molecule has 2 N–H and O–H groups in total. The van der Waals surface area contributed by atoms with Gasteiger partial charge < -0.3 is 4.42 Å². The first kappa shape index (κ1) is 26.0. The Morgan fingerprint density at radius 2 is 1.97 bits per heavy atom. The molecule has 0 fully saturated rings. The van der Waals surface area contributed by atoms with Gasteiger partial charge in [0.05, 0.1) is 24.4 Å². The highest BCUT2D eigenvalue weighted by atomic mass is 79.9. The number of nitrogens with one attached hydrogen (secondary N) is 2. The summed E-state index contributed by atoms with van der Waals surface area (Å²) in [6.45, 7) is 1.71. The molecule has 188 valence electrons. The molecule has 15 heteroatoms. The number of oxazole rings is 1. The Bertz CT molecular complexity index is 1770. The minimum absolute atomic E-state index is 0.0641. The van der Waals surface area contributed by atoms with Crippen molar-refractivity contribution in [2.24, 2.45) is 0 Å². The van der Waals surface area contributed by atoms with E-state index < -0.39 is 31.8 Å². The van der Waals surface area contributed by atoms with Crippen molar-refractivity contribution in [2.45, 2.75) is 17.9 Å². The first-order valence-electron chi connectivity index (χ1n) is 10.1. The van der Waals surface area contributed by atoms with E-state index in [1.165, 1.54) is 23.0 Å². The number of benzene rings is 2.